The third-order valence-corrected chi connectivity index (χ3v) is 4.39. The SMILES string of the molecule is Fc1ccc2c(c1)[C@@H]1C=CC[C@H]1[C@@H](c1ccncc1)N2. The van der Waals surface area contributed by atoms with E-state index in [9.17, 15) is 4.39 Å². The highest BCUT2D eigenvalue weighted by molar-refractivity contribution is 5.59. The van der Waals surface area contributed by atoms with Crippen LogP contribution in [0.15, 0.2) is 54.9 Å². The predicted octanol–water partition coefficient (Wildman–Crippen LogP) is 4.05. The van der Waals surface area contributed by atoms with Crippen molar-refractivity contribution in [2.75, 3.05) is 5.32 Å². The first-order valence-corrected chi connectivity index (χ1v) is 6.95. The third-order valence-electron chi connectivity index (χ3n) is 4.39. The van der Waals surface area contributed by atoms with Gasteiger partial charge in [-0.15, -0.1) is 0 Å². The van der Waals surface area contributed by atoms with Gasteiger partial charge in [-0.1, -0.05) is 12.2 Å². The van der Waals surface area contributed by atoms with E-state index >= 15 is 0 Å². The Morgan fingerprint density at radius 2 is 2.00 bits per heavy atom. The second-order valence-electron chi connectivity index (χ2n) is 5.49. The highest BCUT2D eigenvalue weighted by Gasteiger charge is 2.37. The first-order chi connectivity index (χ1) is 9.83. The lowest BCUT2D eigenvalue weighted by Gasteiger charge is -2.37. The molecule has 3 heteroatoms. The lowest BCUT2D eigenvalue weighted by atomic mass is 9.77. The van der Waals surface area contributed by atoms with Crippen molar-refractivity contribution in [3.63, 3.8) is 0 Å². The Balaban J connectivity index is 1.80. The largest absolute Gasteiger partial charge is 0.378 e. The van der Waals surface area contributed by atoms with E-state index in [1.54, 1.807) is 6.07 Å². The maximum absolute atomic E-state index is 13.5. The smallest absolute Gasteiger partial charge is 0.123 e. The minimum absolute atomic E-state index is 0.160. The second kappa shape index (κ2) is 4.44. The zero-order valence-electron chi connectivity index (χ0n) is 11.0. The molecular weight excluding hydrogens is 251 g/mol. The number of halogens is 1. The van der Waals surface area contributed by atoms with E-state index in [1.165, 1.54) is 11.6 Å². The first kappa shape index (κ1) is 11.6. The maximum Gasteiger partial charge on any atom is 0.123 e. The Bertz CT molecular complexity index is 666. The number of nitrogens with one attached hydrogen (secondary N) is 1. The topological polar surface area (TPSA) is 24.9 Å². The van der Waals surface area contributed by atoms with Gasteiger partial charge in [-0.25, -0.2) is 4.39 Å². The highest BCUT2D eigenvalue weighted by Crippen LogP contribution is 2.49. The summed E-state index contributed by atoms with van der Waals surface area (Å²) in [6.07, 6.45) is 9.12. The van der Waals surface area contributed by atoms with Crippen LogP contribution in [0.2, 0.25) is 0 Å². The molecule has 2 aliphatic rings. The number of aromatic nitrogens is 1. The summed E-state index contributed by atoms with van der Waals surface area (Å²) in [4.78, 5) is 4.09. The molecule has 0 unspecified atom stereocenters. The van der Waals surface area contributed by atoms with Crippen molar-refractivity contribution in [3.05, 3.63) is 71.8 Å². The van der Waals surface area contributed by atoms with Crippen molar-refractivity contribution in [1.29, 1.82) is 0 Å². The molecule has 2 heterocycles. The van der Waals surface area contributed by atoms with E-state index in [4.69, 9.17) is 0 Å². The fraction of sp³-hybridized carbons (Fsp3) is 0.235. The molecule has 0 fully saturated rings. The van der Waals surface area contributed by atoms with Crippen LogP contribution in [0.3, 0.4) is 0 Å². The maximum atomic E-state index is 13.5. The van der Waals surface area contributed by atoms with Crippen LogP contribution >= 0.6 is 0 Å². The van der Waals surface area contributed by atoms with Crippen LogP contribution in [0.1, 0.15) is 29.5 Å². The second-order valence-corrected chi connectivity index (χ2v) is 5.49. The van der Waals surface area contributed by atoms with Gasteiger partial charge in [0.2, 0.25) is 0 Å². The molecule has 20 heavy (non-hydrogen) atoms. The molecule has 0 radical (unpaired) electrons. The van der Waals surface area contributed by atoms with Crippen LogP contribution < -0.4 is 5.32 Å². The molecule has 2 nitrogen and oxygen atoms in total. The number of hydrogen-bond donors (Lipinski definition) is 1. The van der Waals surface area contributed by atoms with Crippen LogP contribution in [-0.4, -0.2) is 4.98 Å². The van der Waals surface area contributed by atoms with Crippen molar-refractivity contribution in [3.8, 4) is 0 Å². The van der Waals surface area contributed by atoms with Crippen LogP contribution in [0.25, 0.3) is 0 Å². The number of nitrogens with zero attached hydrogens (tertiary/aromatic N) is 1. The number of anilines is 1. The first-order valence-electron chi connectivity index (χ1n) is 6.95. The summed E-state index contributed by atoms with van der Waals surface area (Å²) in [5.41, 5.74) is 3.36. The molecule has 0 spiro atoms. The van der Waals surface area contributed by atoms with Gasteiger partial charge in [0, 0.05) is 24.0 Å². The van der Waals surface area contributed by atoms with E-state index in [2.05, 4.69) is 34.6 Å². The highest BCUT2D eigenvalue weighted by atomic mass is 19.1. The molecule has 4 rings (SSSR count). The van der Waals surface area contributed by atoms with Gasteiger partial charge >= 0.3 is 0 Å². The predicted molar refractivity (Wildman–Crippen MR) is 77.0 cm³/mol. The summed E-state index contributed by atoms with van der Waals surface area (Å²) < 4.78 is 13.5. The van der Waals surface area contributed by atoms with Gasteiger partial charge in [0.25, 0.3) is 0 Å². The van der Waals surface area contributed by atoms with E-state index in [0.29, 0.717) is 11.8 Å². The van der Waals surface area contributed by atoms with Gasteiger partial charge in [-0.3, -0.25) is 4.98 Å². The quantitative estimate of drug-likeness (QED) is 0.788. The molecule has 0 saturated heterocycles. The Hall–Kier alpha value is -2.16. The number of pyridine rings is 1. The molecular formula is C17H15FN2. The average Bonchev–Trinajstić information content (AvgIpc) is 2.97. The normalized spacial score (nSPS) is 26.8. The lowest BCUT2D eigenvalue weighted by molar-refractivity contribution is 0.424. The number of fused-ring (bicyclic) bond motifs is 3. The molecule has 1 aromatic carbocycles. The number of rotatable bonds is 1. The van der Waals surface area contributed by atoms with Crippen LogP contribution in [0.5, 0.6) is 0 Å². The monoisotopic (exact) mass is 266 g/mol. The Morgan fingerprint density at radius 3 is 2.85 bits per heavy atom. The summed E-state index contributed by atoms with van der Waals surface area (Å²) in [6.45, 7) is 0. The molecule has 0 bridgehead atoms. The van der Waals surface area contributed by atoms with Gasteiger partial charge in [0.05, 0.1) is 6.04 Å². The van der Waals surface area contributed by atoms with E-state index < -0.39 is 0 Å². The number of allylic oxidation sites excluding steroid dienone is 2. The van der Waals surface area contributed by atoms with Crippen LogP contribution in [-0.2, 0) is 0 Å². The summed E-state index contributed by atoms with van der Waals surface area (Å²) in [6, 6.07) is 9.41. The number of benzene rings is 1. The molecule has 1 aliphatic carbocycles. The van der Waals surface area contributed by atoms with E-state index in [0.717, 1.165) is 17.7 Å². The third kappa shape index (κ3) is 1.73. The van der Waals surface area contributed by atoms with Crippen molar-refractivity contribution in [2.45, 2.75) is 18.4 Å². The molecule has 1 N–H and O–H groups in total. The Morgan fingerprint density at radius 1 is 1.15 bits per heavy atom. The average molecular weight is 266 g/mol. The van der Waals surface area contributed by atoms with Crippen LogP contribution in [0, 0.1) is 11.7 Å². The van der Waals surface area contributed by atoms with E-state index in [-0.39, 0.29) is 11.9 Å². The molecule has 2 aromatic rings. The van der Waals surface area contributed by atoms with Crippen molar-refractivity contribution in [1.82, 2.24) is 4.98 Å². The zero-order chi connectivity index (χ0) is 13.5. The molecule has 1 aliphatic heterocycles. The fourth-order valence-corrected chi connectivity index (χ4v) is 3.47. The Labute approximate surface area is 117 Å². The molecule has 1 aromatic heterocycles. The summed E-state index contributed by atoms with van der Waals surface area (Å²) in [7, 11) is 0. The van der Waals surface area contributed by atoms with Gasteiger partial charge in [-0.05, 0) is 53.8 Å². The minimum Gasteiger partial charge on any atom is -0.378 e. The van der Waals surface area contributed by atoms with E-state index in [1.807, 2.05) is 18.5 Å². The summed E-state index contributed by atoms with van der Waals surface area (Å²) in [5.74, 6) is 0.596. The number of hydrogen-bond acceptors (Lipinski definition) is 2. The van der Waals surface area contributed by atoms with Crippen molar-refractivity contribution >= 4 is 5.69 Å². The molecule has 100 valence electrons. The summed E-state index contributed by atoms with van der Waals surface area (Å²) in [5, 5.41) is 3.58. The summed E-state index contributed by atoms with van der Waals surface area (Å²) >= 11 is 0. The molecule has 0 amide bonds. The minimum atomic E-state index is -0.160. The van der Waals surface area contributed by atoms with Gasteiger partial charge in [0.15, 0.2) is 0 Å². The lowest BCUT2D eigenvalue weighted by Crippen LogP contribution is -2.29. The van der Waals surface area contributed by atoms with Gasteiger partial charge in [0.1, 0.15) is 5.82 Å². The van der Waals surface area contributed by atoms with Crippen molar-refractivity contribution < 1.29 is 4.39 Å². The van der Waals surface area contributed by atoms with Crippen LogP contribution in [0.4, 0.5) is 10.1 Å². The standard InChI is InChI=1S/C17H15FN2/c18-12-4-5-16-15(10-12)13-2-1-3-14(13)17(20-16)11-6-8-19-9-7-11/h1-2,4-10,13-14,17,20H,3H2/t13-,14-,17-/m1/s1. The zero-order valence-corrected chi connectivity index (χ0v) is 11.0. The fourth-order valence-electron chi connectivity index (χ4n) is 3.47. The molecule has 0 saturated carbocycles. The van der Waals surface area contributed by atoms with Gasteiger partial charge in [-0.2, -0.15) is 0 Å². The molecule has 3 atom stereocenters. The Kier molecular flexibility index (Phi) is 2.59. The van der Waals surface area contributed by atoms with Gasteiger partial charge < -0.3 is 5.32 Å². The van der Waals surface area contributed by atoms with Crippen molar-refractivity contribution in [2.24, 2.45) is 5.92 Å².